The Kier molecular flexibility index (Phi) is 6.71. The number of halogens is 1. The van der Waals surface area contributed by atoms with Crippen LogP contribution in [0.2, 0.25) is 0 Å². The second-order valence-corrected chi connectivity index (χ2v) is 10.5. The van der Waals surface area contributed by atoms with Crippen LogP contribution in [0.3, 0.4) is 0 Å². The van der Waals surface area contributed by atoms with Gasteiger partial charge in [-0.3, -0.25) is 9.59 Å². The summed E-state index contributed by atoms with van der Waals surface area (Å²) >= 11 is 0. The molecule has 186 valence electrons. The van der Waals surface area contributed by atoms with Crippen LogP contribution in [0.4, 0.5) is 4.39 Å². The highest BCUT2D eigenvalue weighted by molar-refractivity contribution is 5.89. The van der Waals surface area contributed by atoms with E-state index < -0.39 is 6.04 Å². The quantitative estimate of drug-likeness (QED) is 0.657. The zero-order chi connectivity index (χ0) is 24.5. The molecule has 6 atom stereocenters. The molecule has 1 aliphatic carbocycles. The number of hydrogen-bond donors (Lipinski definition) is 1. The van der Waals surface area contributed by atoms with Crippen molar-refractivity contribution in [3.8, 4) is 5.88 Å². The largest absolute Gasteiger partial charge is 0.471 e. The second kappa shape index (κ2) is 9.91. The number of aromatic nitrogens is 2. The summed E-state index contributed by atoms with van der Waals surface area (Å²) in [4.78, 5) is 36.9. The predicted molar refractivity (Wildman–Crippen MR) is 130 cm³/mol. The highest BCUT2D eigenvalue weighted by Crippen LogP contribution is 2.34. The summed E-state index contributed by atoms with van der Waals surface area (Å²) in [6.07, 6.45) is 10.5. The van der Waals surface area contributed by atoms with E-state index in [-0.39, 0.29) is 35.7 Å². The zero-order valence-electron chi connectivity index (χ0n) is 20.3. The molecule has 2 amide bonds. The van der Waals surface area contributed by atoms with Gasteiger partial charge in [0.1, 0.15) is 18.0 Å². The summed E-state index contributed by atoms with van der Waals surface area (Å²) in [6, 6.07) is 3.80. The summed E-state index contributed by atoms with van der Waals surface area (Å²) in [5.41, 5.74) is 0.976. The summed E-state index contributed by atoms with van der Waals surface area (Å²) in [5.74, 6) is 0.996. The molecule has 3 aliphatic rings. The molecule has 1 saturated heterocycles. The summed E-state index contributed by atoms with van der Waals surface area (Å²) in [7, 11) is 0. The molecule has 5 rings (SSSR count). The number of carbonyl (C=O) groups excluding carboxylic acids is 2. The number of allylic oxidation sites excluding steroid dienone is 1. The van der Waals surface area contributed by atoms with Crippen LogP contribution in [-0.4, -0.2) is 51.4 Å². The maximum absolute atomic E-state index is 13.4. The van der Waals surface area contributed by atoms with Crippen LogP contribution in [0, 0.1) is 23.6 Å². The molecule has 35 heavy (non-hydrogen) atoms. The van der Waals surface area contributed by atoms with Gasteiger partial charge in [-0.2, -0.15) is 0 Å². The Morgan fingerprint density at radius 3 is 2.83 bits per heavy atom. The van der Waals surface area contributed by atoms with Crippen molar-refractivity contribution in [2.75, 3.05) is 6.54 Å². The Morgan fingerprint density at radius 2 is 1.97 bits per heavy atom. The van der Waals surface area contributed by atoms with Gasteiger partial charge in [0.25, 0.3) is 0 Å². The van der Waals surface area contributed by atoms with Crippen molar-refractivity contribution in [2.45, 2.75) is 70.6 Å². The van der Waals surface area contributed by atoms with Crippen molar-refractivity contribution in [3.05, 3.63) is 42.4 Å². The number of rotatable bonds is 2. The van der Waals surface area contributed by atoms with Crippen LogP contribution in [-0.2, 0) is 9.59 Å². The van der Waals surface area contributed by atoms with Crippen LogP contribution in [0.1, 0.15) is 52.4 Å². The number of ether oxygens (including phenoxy) is 1. The third-order valence-electron chi connectivity index (χ3n) is 7.36. The van der Waals surface area contributed by atoms with Crippen molar-refractivity contribution in [2.24, 2.45) is 17.8 Å². The fraction of sp³-hybridized carbons (Fsp3) is 0.556. The first-order chi connectivity index (χ1) is 16.9. The topological polar surface area (TPSA) is 84.4 Å². The fourth-order valence-electron chi connectivity index (χ4n) is 5.43. The van der Waals surface area contributed by atoms with E-state index in [1.54, 1.807) is 11.0 Å². The van der Waals surface area contributed by atoms with E-state index in [1.807, 2.05) is 0 Å². The first-order valence-corrected chi connectivity index (χ1v) is 12.7. The number of nitrogens with one attached hydrogen (secondary N) is 1. The van der Waals surface area contributed by atoms with Gasteiger partial charge in [-0.25, -0.2) is 14.4 Å². The summed E-state index contributed by atoms with van der Waals surface area (Å²) in [6.45, 7) is 4.69. The van der Waals surface area contributed by atoms with Crippen LogP contribution in [0.25, 0.3) is 11.0 Å². The average Bonchev–Trinajstić information content (AvgIpc) is 3.40. The van der Waals surface area contributed by atoms with Gasteiger partial charge < -0.3 is 15.0 Å². The van der Waals surface area contributed by atoms with E-state index in [2.05, 4.69) is 41.3 Å². The molecule has 0 bridgehead atoms. The number of hydrogen-bond acceptors (Lipinski definition) is 5. The molecule has 0 spiro atoms. The van der Waals surface area contributed by atoms with E-state index >= 15 is 0 Å². The van der Waals surface area contributed by atoms with Crippen molar-refractivity contribution in [1.29, 1.82) is 0 Å². The van der Waals surface area contributed by atoms with Gasteiger partial charge in [0.05, 0.1) is 23.8 Å². The molecule has 8 heteroatoms. The summed E-state index contributed by atoms with van der Waals surface area (Å²) in [5, 5.41) is 3.15. The lowest BCUT2D eigenvalue weighted by atomic mass is 9.91. The molecular formula is C27H33FN4O3. The van der Waals surface area contributed by atoms with Gasteiger partial charge in [-0.15, -0.1) is 0 Å². The first kappa shape index (κ1) is 23.7. The minimum atomic E-state index is -0.560. The number of nitrogens with zero attached hydrogens (tertiary/aromatic N) is 3. The van der Waals surface area contributed by atoms with Gasteiger partial charge >= 0.3 is 0 Å². The smallest absolute Gasteiger partial charge is 0.243 e. The monoisotopic (exact) mass is 480 g/mol. The zero-order valence-corrected chi connectivity index (χ0v) is 20.3. The number of carbonyl (C=O) groups is 2. The molecule has 1 N–H and O–H groups in total. The third-order valence-corrected chi connectivity index (χ3v) is 7.36. The van der Waals surface area contributed by atoms with Crippen LogP contribution in [0.5, 0.6) is 5.88 Å². The van der Waals surface area contributed by atoms with Crippen molar-refractivity contribution in [3.63, 3.8) is 0 Å². The highest BCUT2D eigenvalue weighted by atomic mass is 19.1. The minimum absolute atomic E-state index is 0.00337. The Bertz CT molecular complexity index is 1140. The van der Waals surface area contributed by atoms with Gasteiger partial charge in [-0.05, 0) is 55.6 Å². The maximum Gasteiger partial charge on any atom is 0.243 e. The number of benzene rings is 1. The van der Waals surface area contributed by atoms with Gasteiger partial charge in [0, 0.05) is 24.9 Å². The molecule has 2 fully saturated rings. The predicted octanol–water partition coefficient (Wildman–Crippen LogP) is 4.02. The van der Waals surface area contributed by atoms with Crippen molar-refractivity contribution in [1.82, 2.24) is 20.2 Å². The van der Waals surface area contributed by atoms with Crippen LogP contribution >= 0.6 is 0 Å². The van der Waals surface area contributed by atoms with Crippen molar-refractivity contribution >= 4 is 22.8 Å². The standard InChI is InChI=1S/C27H33FN4O3/c1-16-5-3-4-6-18-11-22(18)31-27(34)24-13-20(15-32(24)26(33)10-17(2)9-16)35-25-14-29-23-12-19(28)7-8-21(23)30-25/h4,6-8,12,14,16-18,20,22,24H,3,5,9-11,13,15H2,1-2H3,(H,31,34)/b6-4-/t16-,17-,18-,20-,22-,24+/m1/s1. The van der Waals surface area contributed by atoms with E-state index in [1.165, 1.54) is 18.3 Å². The Balaban J connectivity index is 1.32. The van der Waals surface area contributed by atoms with Crippen LogP contribution in [0.15, 0.2) is 36.5 Å². The summed E-state index contributed by atoms with van der Waals surface area (Å²) < 4.78 is 19.5. The molecule has 1 saturated carbocycles. The second-order valence-electron chi connectivity index (χ2n) is 10.5. The lowest BCUT2D eigenvalue weighted by Crippen LogP contribution is -2.47. The molecule has 2 aromatic rings. The fourth-order valence-corrected chi connectivity index (χ4v) is 5.43. The van der Waals surface area contributed by atoms with E-state index in [0.29, 0.717) is 48.1 Å². The molecule has 1 aromatic heterocycles. The molecule has 2 aliphatic heterocycles. The third kappa shape index (κ3) is 5.63. The lowest BCUT2D eigenvalue weighted by Gasteiger charge is -2.25. The number of fused-ring (bicyclic) bond motifs is 3. The average molecular weight is 481 g/mol. The lowest BCUT2D eigenvalue weighted by molar-refractivity contribution is -0.139. The first-order valence-electron chi connectivity index (χ1n) is 12.7. The van der Waals surface area contributed by atoms with Crippen LogP contribution < -0.4 is 10.1 Å². The van der Waals surface area contributed by atoms with Crippen molar-refractivity contribution < 1.29 is 18.7 Å². The van der Waals surface area contributed by atoms with E-state index in [4.69, 9.17) is 4.74 Å². The normalized spacial score (nSPS) is 32.7. The maximum atomic E-state index is 13.4. The minimum Gasteiger partial charge on any atom is -0.471 e. The van der Waals surface area contributed by atoms with Gasteiger partial charge in [0.15, 0.2) is 0 Å². The molecule has 3 heterocycles. The number of amides is 2. The highest BCUT2D eigenvalue weighted by Gasteiger charge is 2.44. The van der Waals surface area contributed by atoms with E-state index in [0.717, 1.165) is 25.7 Å². The molecule has 7 nitrogen and oxygen atoms in total. The SMILES string of the molecule is C[C@@H]1CC/C=C\[C@@H]2C[C@H]2NC(=O)[C@@H]2C[C@@H](Oc3cnc4cc(F)ccc4n3)CN2C(=O)C[C@H](C)C1. The Labute approximate surface area is 205 Å². The van der Waals surface area contributed by atoms with Gasteiger partial charge in [0.2, 0.25) is 17.7 Å². The molecule has 0 unspecified atom stereocenters. The molecule has 1 aromatic carbocycles. The van der Waals surface area contributed by atoms with Gasteiger partial charge in [-0.1, -0.05) is 26.0 Å². The molecule has 0 radical (unpaired) electrons. The Hall–Kier alpha value is -3.03. The molecular weight excluding hydrogens is 447 g/mol. The Morgan fingerprint density at radius 1 is 1.11 bits per heavy atom. The van der Waals surface area contributed by atoms with E-state index in [9.17, 15) is 14.0 Å².